The number of hydrogen-bond donors (Lipinski definition) is 2. The van der Waals surface area contributed by atoms with E-state index in [1.165, 1.54) is 18.4 Å². The lowest BCUT2D eigenvalue weighted by Gasteiger charge is -2.35. The fraction of sp³-hybridized carbons (Fsp3) is 0.625. The Hall–Kier alpha value is -1.26. The van der Waals surface area contributed by atoms with Crippen molar-refractivity contribution in [2.75, 3.05) is 13.7 Å². The molecule has 1 aliphatic carbocycles. The van der Waals surface area contributed by atoms with Crippen molar-refractivity contribution in [3.05, 3.63) is 23.8 Å². The zero-order chi connectivity index (χ0) is 14.5. The topological polar surface area (TPSA) is 58.7 Å². The van der Waals surface area contributed by atoms with Gasteiger partial charge in [-0.15, -0.1) is 0 Å². The number of phenols is 1. The van der Waals surface area contributed by atoms with Crippen molar-refractivity contribution < 1.29 is 9.84 Å². The Morgan fingerprint density at radius 3 is 2.60 bits per heavy atom. The van der Waals surface area contributed by atoms with Gasteiger partial charge in [0.15, 0.2) is 11.5 Å². The lowest BCUT2D eigenvalue weighted by atomic mass is 9.90. The van der Waals surface area contributed by atoms with Crippen LogP contribution in [0.4, 0.5) is 0 Å². The summed E-state index contributed by atoms with van der Waals surface area (Å²) in [5, 5.41) is 9.65. The monoisotopic (exact) mass is 278 g/mol. The van der Waals surface area contributed by atoms with Crippen LogP contribution in [-0.2, 0) is 6.54 Å². The third-order valence-electron chi connectivity index (χ3n) is 4.29. The fourth-order valence-corrected chi connectivity index (χ4v) is 3.02. The maximum Gasteiger partial charge on any atom is 0.160 e. The highest BCUT2D eigenvalue weighted by molar-refractivity contribution is 5.41. The maximum absolute atomic E-state index is 9.65. The van der Waals surface area contributed by atoms with Crippen molar-refractivity contribution in [2.24, 2.45) is 5.73 Å². The van der Waals surface area contributed by atoms with Gasteiger partial charge < -0.3 is 15.6 Å². The standard InChI is InChI=1S/C16H26N2O2/c1-3-18(14-7-5-13(17)6-8-14)11-12-4-9-15(19)16(10-12)20-2/h4,9-10,13-14,19H,3,5-8,11,17H2,1-2H3. The first-order valence-electron chi connectivity index (χ1n) is 7.49. The van der Waals surface area contributed by atoms with Crippen molar-refractivity contribution in [2.45, 2.75) is 51.2 Å². The van der Waals surface area contributed by atoms with Gasteiger partial charge >= 0.3 is 0 Å². The molecule has 0 aromatic heterocycles. The van der Waals surface area contributed by atoms with E-state index in [1.807, 2.05) is 12.1 Å². The molecule has 1 aromatic carbocycles. The van der Waals surface area contributed by atoms with E-state index in [0.29, 0.717) is 17.8 Å². The molecule has 2 rings (SSSR count). The summed E-state index contributed by atoms with van der Waals surface area (Å²) in [6.45, 7) is 4.13. The van der Waals surface area contributed by atoms with Crippen LogP contribution in [0.1, 0.15) is 38.2 Å². The van der Waals surface area contributed by atoms with Crippen molar-refractivity contribution >= 4 is 0 Å². The highest BCUT2D eigenvalue weighted by Crippen LogP contribution is 2.28. The predicted octanol–water partition coefficient (Wildman–Crippen LogP) is 2.49. The van der Waals surface area contributed by atoms with Gasteiger partial charge in [-0.1, -0.05) is 13.0 Å². The number of phenolic OH excluding ortho intramolecular Hbond substituents is 1. The van der Waals surface area contributed by atoms with E-state index >= 15 is 0 Å². The molecule has 0 aliphatic heterocycles. The minimum absolute atomic E-state index is 0.197. The van der Waals surface area contributed by atoms with E-state index in [9.17, 15) is 5.11 Å². The van der Waals surface area contributed by atoms with Crippen molar-refractivity contribution in [3.63, 3.8) is 0 Å². The number of nitrogens with two attached hydrogens (primary N) is 1. The van der Waals surface area contributed by atoms with E-state index in [4.69, 9.17) is 10.5 Å². The van der Waals surface area contributed by atoms with Gasteiger partial charge in [-0.2, -0.15) is 0 Å². The molecule has 0 spiro atoms. The highest BCUT2D eigenvalue weighted by atomic mass is 16.5. The highest BCUT2D eigenvalue weighted by Gasteiger charge is 2.23. The van der Waals surface area contributed by atoms with Crippen LogP contribution >= 0.6 is 0 Å². The zero-order valence-corrected chi connectivity index (χ0v) is 12.5. The molecule has 0 amide bonds. The van der Waals surface area contributed by atoms with Crippen molar-refractivity contribution in [1.82, 2.24) is 4.90 Å². The van der Waals surface area contributed by atoms with Gasteiger partial charge in [0, 0.05) is 18.6 Å². The summed E-state index contributed by atoms with van der Waals surface area (Å²) in [4.78, 5) is 2.50. The van der Waals surface area contributed by atoms with Gasteiger partial charge in [-0.05, 0) is 49.9 Å². The number of ether oxygens (including phenoxy) is 1. The Kier molecular flexibility index (Phi) is 5.26. The Labute approximate surface area is 121 Å². The first kappa shape index (κ1) is 15.1. The van der Waals surface area contributed by atoms with E-state index in [0.717, 1.165) is 25.9 Å². The third-order valence-corrected chi connectivity index (χ3v) is 4.29. The van der Waals surface area contributed by atoms with Crippen molar-refractivity contribution in [1.29, 1.82) is 0 Å². The second kappa shape index (κ2) is 6.95. The summed E-state index contributed by atoms with van der Waals surface area (Å²) in [6.07, 6.45) is 4.62. The van der Waals surface area contributed by atoms with Crippen LogP contribution in [0.15, 0.2) is 18.2 Å². The molecule has 3 N–H and O–H groups in total. The Morgan fingerprint density at radius 2 is 2.00 bits per heavy atom. The molecule has 4 heteroatoms. The Bertz CT molecular complexity index is 428. The first-order chi connectivity index (χ1) is 9.63. The molecule has 0 saturated heterocycles. The summed E-state index contributed by atoms with van der Waals surface area (Å²) in [7, 11) is 1.58. The minimum atomic E-state index is 0.197. The summed E-state index contributed by atoms with van der Waals surface area (Å²) in [5.41, 5.74) is 7.16. The van der Waals surface area contributed by atoms with Crippen LogP contribution in [0.3, 0.4) is 0 Å². The van der Waals surface area contributed by atoms with Gasteiger partial charge in [0.1, 0.15) is 0 Å². The van der Waals surface area contributed by atoms with Gasteiger partial charge in [-0.25, -0.2) is 0 Å². The maximum atomic E-state index is 9.65. The summed E-state index contributed by atoms with van der Waals surface area (Å²) in [5.74, 6) is 0.743. The fourth-order valence-electron chi connectivity index (χ4n) is 3.02. The molecule has 112 valence electrons. The number of rotatable bonds is 5. The SMILES string of the molecule is CCN(Cc1ccc(O)c(OC)c1)C1CCC(N)CC1. The molecule has 20 heavy (non-hydrogen) atoms. The molecule has 0 radical (unpaired) electrons. The van der Waals surface area contributed by atoms with Gasteiger partial charge in [0.05, 0.1) is 7.11 Å². The van der Waals surface area contributed by atoms with Crippen LogP contribution in [0.2, 0.25) is 0 Å². The lowest BCUT2D eigenvalue weighted by Crippen LogP contribution is -2.40. The normalized spacial score (nSPS) is 23.0. The number of hydrogen-bond acceptors (Lipinski definition) is 4. The Balaban J connectivity index is 2.02. The molecule has 1 saturated carbocycles. The Morgan fingerprint density at radius 1 is 1.30 bits per heavy atom. The van der Waals surface area contributed by atoms with E-state index in [1.54, 1.807) is 13.2 Å². The molecule has 1 aliphatic rings. The molecule has 1 aromatic rings. The van der Waals surface area contributed by atoms with Crippen LogP contribution in [0, 0.1) is 0 Å². The molecular formula is C16H26N2O2. The average Bonchev–Trinajstić information content (AvgIpc) is 2.47. The second-order valence-electron chi connectivity index (χ2n) is 5.64. The summed E-state index contributed by atoms with van der Waals surface area (Å²) >= 11 is 0. The smallest absolute Gasteiger partial charge is 0.160 e. The predicted molar refractivity (Wildman–Crippen MR) is 81.0 cm³/mol. The molecule has 0 unspecified atom stereocenters. The van der Waals surface area contributed by atoms with Crippen LogP contribution in [-0.4, -0.2) is 35.7 Å². The van der Waals surface area contributed by atoms with Crippen LogP contribution < -0.4 is 10.5 Å². The van der Waals surface area contributed by atoms with Crippen molar-refractivity contribution in [3.8, 4) is 11.5 Å². The number of aromatic hydroxyl groups is 1. The van der Waals surface area contributed by atoms with Gasteiger partial charge in [-0.3, -0.25) is 4.90 Å². The zero-order valence-electron chi connectivity index (χ0n) is 12.5. The first-order valence-corrected chi connectivity index (χ1v) is 7.49. The molecule has 0 atom stereocenters. The number of benzene rings is 1. The quantitative estimate of drug-likeness (QED) is 0.869. The van der Waals surface area contributed by atoms with E-state index < -0.39 is 0 Å². The molecule has 4 nitrogen and oxygen atoms in total. The van der Waals surface area contributed by atoms with Gasteiger partial charge in [0.2, 0.25) is 0 Å². The molecule has 0 bridgehead atoms. The lowest BCUT2D eigenvalue weighted by molar-refractivity contribution is 0.149. The summed E-state index contributed by atoms with van der Waals surface area (Å²) < 4.78 is 5.18. The van der Waals surface area contributed by atoms with Gasteiger partial charge in [0.25, 0.3) is 0 Å². The van der Waals surface area contributed by atoms with Crippen LogP contribution in [0.25, 0.3) is 0 Å². The number of methoxy groups -OCH3 is 1. The van der Waals surface area contributed by atoms with E-state index in [2.05, 4.69) is 11.8 Å². The minimum Gasteiger partial charge on any atom is -0.504 e. The number of nitrogens with zero attached hydrogens (tertiary/aromatic N) is 1. The average molecular weight is 278 g/mol. The van der Waals surface area contributed by atoms with Crippen LogP contribution in [0.5, 0.6) is 11.5 Å². The molecular weight excluding hydrogens is 252 g/mol. The molecule has 0 heterocycles. The third kappa shape index (κ3) is 3.64. The second-order valence-corrected chi connectivity index (χ2v) is 5.64. The molecule has 1 fully saturated rings. The largest absolute Gasteiger partial charge is 0.504 e. The summed E-state index contributed by atoms with van der Waals surface area (Å²) in [6, 6.07) is 6.61. The van der Waals surface area contributed by atoms with E-state index in [-0.39, 0.29) is 5.75 Å².